The van der Waals surface area contributed by atoms with Crippen LogP contribution < -0.4 is 10.2 Å². The summed E-state index contributed by atoms with van der Waals surface area (Å²) in [5, 5.41) is 3.03. The fraction of sp³-hybridized carbons (Fsp3) is 0.409. The Labute approximate surface area is 161 Å². The first-order valence-electron chi connectivity index (χ1n) is 9.53. The van der Waals surface area contributed by atoms with Gasteiger partial charge in [-0.3, -0.25) is 4.79 Å². The van der Waals surface area contributed by atoms with Gasteiger partial charge in [-0.25, -0.2) is 0 Å². The average molecular weight is 369 g/mol. The van der Waals surface area contributed by atoms with Crippen LogP contribution in [-0.4, -0.2) is 24.7 Å². The van der Waals surface area contributed by atoms with Crippen LogP contribution in [0.2, 0.25) is 0 Å². The molecule has 3 rings (SSSR count). The molecule has 2 aromatic rings. The van der Waals surface area contributed by atoms with Crippen molar-refractivity contribution in [3.05, 3.63) is 65.7 Å². The lowest BCUT2D eigenvalue weighted by atomic mass is 10.1. The first-order valence-corrected chi connectivity index (χ1v) is 10.7. The number of carbonyl (C=O) groups excluding carboxylic acids is 1. The van der Waals surface area contributed by atoms with Gasteiger partial charge in [-0.15, -0.1) is 0 Å². The second-order valence-electron chi connectivity index (χ2n) is 6.78. The summed E-state index contributed by atoms with van der Waals surface area (Å²) in [6.45, 7) is 2.94. The van der Waals surface area contributed by atoms with Crippen LogP contribution in [0.3, 0.4) is 0 Å². The number of nitrogens with one attached hydrogen (secondary N) is 1. The van der Waals surface area contributed by atoms with Gasteiger partial charge in [-0.05, 0) is 42.5 Å². The number of rotatable bonds is 8. The smallest absolute Gasteiger partial charge is 0.221 e. The van der Waals surface area contributed by atoms with Gasteiger partial charge in [0.15, 0.2) is 0 Å². The maximum Gasteiger partial charge on any atom is 0.221 e. The number of nitrogens with zero attached hydrogens (tertiary/aromatic N) is 1. The molecule has 0 atom stereocenters. The van der Waals surface area contributed by atoms with E-state index < -0.39 is 0 Å². The van der Waals surface area contributed by atoms with E-state index in [1.54, 1.807) is 0 Å². The zero-order valence-electron chi connectivity index (χ0n) is 15.3. The summed E-state index contributed by atoms with van der Waals surface area (Å²) in [5.41, 5.74) is 3.78. The molecule has 1 heterocycles. The molecule has 0 radical (unpaired) electrons. The summed E-state index contributed by atoms with van der Waals surface area (Å²) >= 11 is 1.81. The fourth-order valence-electron chi connectivity index (χ4n) is 3.19. The number of hydrogen-bond acceptors (Lipinski definition) is 3. The first-order chi connectivity index (χ1) is 12.8. The van der Waals surface area contributed by atoms with Crippen LogP contribution in [0.4, 0.5) is 5.69 Å². The minimum atomic E-state index is 0.130. The van der Waals surface area contributed by atoms with Crippen molar-refractivity contribution in [1.29, 1.82) is 0 Å². The van der Waals surface area contributed by atoms with Crippen LogP contribution in [0.25, 0.3) is 0 Å². The molecular formula is C22H28N2OS. The number of amides is 1. The highest BCUT2D eigenvalue weighted by molar-refractivity contribution is 7.98. The molecule has 0 aromatic heterocycles. The highest BCUT2D eigenvalue weighted by Crippen LogP contribution is 2.20. The van der Waals surface area contributed by atoms with E-state index in [-0.39, 0.29) is 5.91 Å². The molecule has 138 valence electrons. The summed E-state index contributed by atoms with van der Waals surface area (Å²) in [4.78, 5) is 14.5. The molecule has 0 spiro atoms. The highest BCUT2D eigenvalue weighted by Gasteiger charge is 2.10. The van der Waals surface area contributed by atoms with E-state index in [0.717, 1.165) is 30.2 Å². The summed E-state index contributed by atoms with van der Waals surface area (Å²) < 4.78 is 0. The van der Waals surface area contributed by atoms with Crippen molar-refractivity contribution in [2.45, 2.75) is 38.0 Å². The van der Waals surface area contributed by atoms with Crippen molar-refractivity contribution < 1.29 is 4.79 Å². The Balaban J connectivity index is 1.33. The van der Waals surface area contributed by atoms with E-state index in [4.69, 9.17) is 0 Å². The van der Waals surface area contributed by atoms with Crippen molar-refractivity contribution in [3.63, 3.8) is 0 Å². The third-order valence-electron chi connectivity index (χ3n) is 4.73. The van der Waals surface area contributed by atoms with Crippen molar-refractivity contribution in [1.82, 2.24) is 5.32 Å². The molecule has 0 bridgehead atoms. The molecule has 0 unspecified atom stereocenters. The van der Waals surface area contributed by atoms with Gasteiger partial charge >= 0.3 is 0 Å². The van der Waals surface area contributed by atoms with Gasteiger partial charge in [0.1, 0.15) is 0 Å². The van der Waals surface area contributed by atoms with Crippen LogP contribution in [0, 0.1) is 0 Å². The van der Waals surface area contributed by atoms with Crippen molar-refractivity contribution in [2.75, 3.05) is 23.7 Å². The van der Waals surface area contributed by atoms with E-state index in [1.807, 2.05) is 17.8 Å². The van der Waals surface area contributed by atoms with Crippen LogP contribution in [0.5, 0.6) is 0 Å². The number of anilines is 1. The van der Waals surface area contributed by atoms with E-state index >= 15 is 0 Å². The van der Waals surface area contributed by atoms with Crippen LogP contribution in [0.15, 0.2) is 54.6 Å². The molecule has 1 aliphatic rings. The Morgan fingerprint density at radius 3 is 2.38 bits per heavy atom. The minimum Gasteiger partial charge on any atom is -0.372 e. The second kappa shape index (κ2) is 10.3. The number of piperidine rings is 1. The molecule has 1 fully saturated rings. The fourth-order valence-corrected chi connectivity index (χ4v) is 4.10. The average Bonchev–Trinajstić information content (AvgIpc) is 2.71. The molecule has 2 aromatic carbocycles. The van der Waals surface area contributed by atoms with Gasteiger partial charge in [-0.2, -0.15) is 11.8 Å². The van der Waals surface area contributed by atoms with Crippen molar-refractivity contribution >= 4 is 23.4 Å². The van der Waals surface area contributed by atoms with E-state index in [2.05, 4.69) is 58.7 Å². The maximum atomic E-state index is 12.0. The summed E-state index contributed by atoms with van der Waals surface area (Å²) in [6.07, 6.45) is 4.51. The van der Waals surface area contributed by atoms with Crippen LogP contribution >= 0.6 is 11.8 Å². The molecule has 0 saturated carbocycles. The van der Waals surface area contributed by atoms with Gasteiger partial charge < -0.3 is 10.2 Å². The van der Waals surface area contributed by atoms with Gasteiger partial charge in [0, 0.05) is 43.2 Å². The van der Waals surface area contributed by atoms with Gasteiger partial charge in [0.2, 0.25) is 5.91 Å². The molecule has 1 saturated heterocycles. The number of carbonyl (C=O) groups is 1. The minimum absolute atomic E-state index is 0.130. The molecule has 4 heteroatoms. The molecular weight excluding hydrogens is 340 g/mol. The molecule has 1 amide bonds. The SMILES string of the molecule is O=C(CCSCc1ccccc1)NCc1ccc(N2CCCCC2)cc1. The predicted octanol–water partition coefficient (Wildman–Crippen LogP) is 4.62. The Morgan fingerprint density at radius 2 is 1.65 bits per heavy atom. The Hall–Kier alpha value is -1.94. The zero-order chi connectivity index (χ0) is 18.0. The van der Waals surface area contributed by atoms with Crippen LogP contribution in [-0.2, 0) is 17.1 Å². The molecule has 0 aliphatic carbocycles. The summed E-state index contributed by atoms with van der Waals surface area (Å²) in [7, 11) is 0. The molecule has 1 aliphatic heterocycles. The standard InChI is InChI=1S/C22H28N2OS/c25-22(13-16-26-18-20-7-3-1-4-8-20)23-17-19-9-11-21(12-10-19)24-14-5-2-6-15-24/h1,3-4,7-12H,2,5-6,13-18H2,(H,23,25). The second-order valence-corrected chi connectivity index (χ2v) is 7.88. The Morgan fingerprint density at radius 1 is 0.923 bits per heavy atom. The lowest BCUT2D eigenvalue weighted by Crippen LogP contribution is -2.29. The van der Waals surface area contributed by atoms with Gasteiger partial charge in [-0.1, -0.05) is 42.5 Å². The number of benzene rings is 2. The lowest BCUT2D eigenvalue weighted by molar-refractivity contribution is -0.120. The monoisotopic (exact) mass is 368 g/mol. The third-order valence-corrected chi connectivity index (χ3v) is 5.76. The molecule has 1 N–H and O–H groups in total. The van der Waals surface area contributed by atoms with Crippen LogP contribution in [0.1, 0.15) is 36.8 Å². The van der Waals surface area contributed by atoms with E-state index in [9.17, 15) is 4.79 Å². The summed E-state index contributed by atoms with van der Waals surface area (Å²) in [5.74, 6) is 1.95. The molecule has 26 heavy (non-hydrogen) atoms. The number of thioether (sulfide) groups is 1. The Kier molecular flexibility index (Phi) is 7.44. The zero-order valence-corrected chi connectivity index (χ0v) is 16.1. The third kappa shape index (κ3) is 6.10. The summed E-state index contributed by atoms with van der Waals surface area (Å²) in [6, 6.07) is 19.0. The van der Waals surface area contributed by atoms with E-state index in [0.29, 0.717) is 13.0 Å². The highest BCUT2D eigenvalue weighted by atomic mass is 32.2. The topological polar surface area (TPSA) is 32.3 Å². The first kappa shape index (κ1) is 18.8. The normalized spacial score (nSPS) is 14.2. The molecule has 3 nitrogen and oxygen atoms in total. The van der Waals surface area contributed by atoms with Crippen molar-refractivity contribution in [3.8, 4) is 0 Å². The maximum absolute atomic E-state index is 12.0. The van der Waals surface area contributed by atoms with E-state index in [1.165, 1.54) is 30.5 Å². The largest absolute Gasteiger partial charge is 0.372 e. The van der Waals surface area contributed by atoms with Gasteiger partial charge in [0.25, 0.3) is 0 Å². The quantitative estimate of drug-likeness (QED) is 0.690. The lowest BCUT2D eigenvalue weighted by Gasteiger charge is -2.28. The number of hydrogen-bond donors (Lipinski definition) is 1. The Bertz CT molecular complexity index is 666. The van der Waals surface area contributed by atoms with Gasteiger partial charge in [0.05, 0.1) is 0 Å². The van der Waals surface area contributed by atoms with Crippen molar-refractivity contribution in [2.24, 2.45) is 0 Å². The predicted molar refractivity (Wildman–Crippen MR) is 112 cm³/mol.